The number of hydrogen-bond acceptors (Lipinski definition) is 3. The standard InChI is InChI=1S/C19H20ClNO3/c1-12(9-13-5-3-4-6-16(13)23-2)21-19(22)18-11-14-10-15(20)7-8-17(14)24-18/h3-8,10,12,18H,9,11H2,1-2H3,(H,21,22)/t12-,18-/m1/s1. The number of para-hydroxylation sites is 1. The molecule has 24 heavy (non-hydrogen) atoms. The van der Waals surface area contributed by atoms with Crippen LogP contribution in [-0.2, 0) is 17.6 Å². The highest BCUT2D eigenvalue weighted by Crippen LogP contribution is 2.31. The van der Waals surface area contributed by atoms with Gasteiger partial charge in [0.1, 0.15) is 11.5 Å². The van der Waals surface area contributed by atoms with Crippen molar-refractivity contribution in [1.82, 2.24) is 5.32 Å². The van der Waals surface area contributed by atoms with Crippen molar-refractivity contribution < 1.29 is 14.3 Å². The summed E-state index contributed by atoms with van der Waals surface area (Å²) in [6.45, 7) is 1.98. The first kappa shape index (κ1) is 16.7. The van der Waals surface area contributed by atoms with E-state index in [1.807, 2.05) is 43.3 Å². The van der Waals surface area contributed by atoms with E-state index in [1.165, 1.54) is 0 Å². The fourth-order valence-corrected chi connectivity index (χ4v) is 3.15. The number of carbonyl (C=O) groups is 1. The van der Waals surface area contributed by atoms with Crippen molar-refractivity contribution in [2.75, 3.05) is 7.11 Å². The lowest BCUT2D eigenvalue weighted by atomic mass is 10.1. The maximum absolute atomic E-state index is 12.5. The van der Waals surface area contributed by atoms with Crippen molar-refractivity contribution in [3.05, 3.63) is 58.6 Å². The summed E-state index contributed by atoms with van der Waals surface area (Å²) in [4.78, 5) is 12.5. The van der Waals surface area contributed by atoms with Crippen molar-refractivity contribution in [1.29, 1.82) is 0 Å². The normalized spacial score (nSPS) is 16.9. The Kier molecular flexibility index (Phi) is 4.95. The van der Waals surface area contributed by atoms with Crippen LogP contribution in [0.15, 0.2) is 42.5 Å². The monoisotopic (exact) mass is 345 g/mol. The van der Waals surface area contributed by atoms with Crippen LogP contribution in [0.4, 0.5) is 0 Å². The molecule has 0 bridgehead atoms. The molecule has 0 saturated heterocycles. The lowest BCUT2D eigenvalue weighted by molar-refractivity contribution is -0.127. The van der Waals surface area contributed by atoms with E-state index in [0.29, 0.717) is 17.9 Å². The Morgan fingerprint density at radius 2 is 2.17 bits per heavy atom. The van der Waals surface area contributed by atoms with Crippen LogP contribution in [0, 0.1) is 0 Å². The van der Waals surface area contributed by atoms with E-state index >= 15 is 0 Å². The number of fused-ring (bicyclic) bond motifs is 1. The summed E-state index contributed by atoms with van der Waals surface area (Å²) in [5.74, 6) is 1.46. The van der Waals surface area contributed by atoms with E-state index in [4.69, 9.17) is 21.1 Å². The Hall–Kier alpha value is -2.20. The molecule has 0 fully saturated rings. The number of amides is 1. The number of carbonyl (C=O) groups excluding carboxylic acids is 1. The summed E-state index contributed by atoms with van der Waals surface area (Å²) in [7, 11) is 1.65. The molecule has 2 atom stereocenters. The van der Waals surface area contributed by atoms with Gasteiger partial charge in [0.25, 0.3) is 5.91 Å². The summed E-state index contributed by atoms with van der Waals surface area (Å²) in [5, 5.41) is 3.67. The third kappa shape index (κ3) is 3.65. The molecule has 2 aromatic rings. The van der Waals surface area contributed by atoms with Gasteiger partial charge in [-0.15, -0.1) is 0 Å². The zero-order valence-corrected chi connectivity index (χ0v) is 14.5. The molecule has 1 amide bonds. The third-order valence-electron chi connectivity index (χ3n) is 4.10. The average molecular weight is 346 g/mol. The molecule has 3 rings (SSSR count). The van der Waals surface area contributed by atoms with Gasteiger partial charge in [-0.2, -0.15) is 0 Å². The molecule has 1 N–H and O–H groups in total. The van der Waals surface area contributed by atoms with Gasteiger partial charge in [-0.25, -0.2) is 0 Å². The van der Waals surface area contributed by atoms with Crippen molar-refractivity contribution in [3.8, 4) is 11.5 Å². The van der Waals surface area contributed by atoms with Gasteiger partial charge in [-0.3, -0.25) is 4.79 Å². The molecule has 2 aromatic carbocycles. The van der Waals surface area contributed by atoms with Crippen LogP contribution in [0.1, 0.15) is 18.1 Å². The fourth-order valence-electron chi connectivity index (χ4n) is 2.95. The molecule has 1 aliphatic rings. The molecule has 0 unspecified atom stereocenters. The molecule has 0 aromatic heterocycles. The molecule has 1 heterocycles. The highest BCUT2D eigenvalue weighted by molar-refractivity contribution is 6.30. The SMILES string of the molecule is COc1ccccc1C[C@@H](C)NC(=O)[C@H]1Cc2cc(Cl)ccc2O1. The first-order valence-electron chi connectivity index (χ1n) is 7.94. The van der Waals surface area contributed by atoms with Crippen LogP contribution in [-0.4, -0.2) is 25.2 Å². The van der Waals surface area contributed by atoms with Crippen LogP contribution in [0.2, 0.25) is 5.02 Å². The van der Waals surface area contributed by atoms with Crippen molar-refractivity contribution in [2.45, 2.75) is 31.9 Å². The lowest BCUT2D eigenvalue weighted by Crippen LogP contribution is -2.42. The van der Waals surface area contributed by atoms with E-state index < -0.39 is 6.10 Å². The summed E-state index contributed by atoms with van der Waals surface area (Å²) >= 11 is 5.99. The molecular formula is C19H20ClNO3. The van der Waals surface area contributed by atoms with Crippen LogP contribution in [0.3, 0.4) is 0 Å². The zero-order chi connectivity index (χ0) is 17.1. The van der Waals surface area contributed by atoms with Gasteiger partial charge < -0.3 is 14.8 Å². The van der Waals surface area contributed by atoms with Crippen LogP contribution < -0.4 is 14.8 Å². The van der Waals surface area contributed by atoms with Gasteiger partial charge >= 0.3 is 0 Å². The number of rotatable bonds is 5. The molecule has 0 aliphatic carbocycles. The maximum atomic E-state index is 12.5. The second-order valence-corrected chi connectivity index (χ2v) is 6.42. The highest BCUT2D eigenvalue weighted by Gasteiger charge is 2.29. The highest BCUT2D eigenvalue weighted by atomic mass is 35.5. The van der Waals surface area contributed by atoms with Gasteiger partial charge in [0.05, 0.1) is 7.11 Å². The van der Waals surface area contributed by atoms with Crippen LogP contribution >= 0.6 is 11.6 Å². The Morgan fingerprint density at radius 3 is 2.96 bits per heavy atom. The van der Waals surface area contributed by atoms with Crippen molar-refractivity contribution in [3.63, 3.8) is 0 Å². The molecule has 0 radical (unpaired) electrons. The molecule has 4 nitrogen and oxygen atoms in total. The van der Waals surface area contributed by atoms with Crippen LogP contribution in [0.25, 0.3) is 0 Å². The second kappa shape index (κ2) is 7.14. The number of nitrogens with one attached hydrogen (secondary N) is 1. The molecule has 0 spiro atoms. The predicted octanol–water partition coefficient (Wildman–Crippen LogP) is 3.40. The molecule has 0 saturated carbocycles. The van der Waals surface area contributed by atoms with Crippen LogP contribution in [0.5, 0.6) is 11.5 Å². The van der Waals surface area contributed by atoms with Gasteiger partial charge in [-0.1, -0.05) is 29.8 Å². The Bertz CT molecular complexity index is 747. The number of hydrogen-bond donors (Lipinski definition) is 1. The first-order chi connectivity index (χ1) is 11.6. The van der Waals surface area contributed by atoms with E-state index in [9.17, 15) is 4.79 Å². The summed E-state index contributed by atoms with van der Waals surface area (Å²) in [5.41, 5.74) is 2.04. The van der Waals surface area contributed by atoms with Crippen molar-refractivity contribution >= 4 is 17.5 Å². The summed E-state index contributed by atoms with van der Waals surface area (Å²) in [6, 6.07) is 13.2. The maximum Gasteiger partial charge on any atom is 0.261 e. The smallest absolute Gasteiger partial charge is 0.261 e. The lowest BCUT2D eigenvalue weighted by Gasteiger charge is -2.18. The third-order valence-corrected chi connectivity index (χ3v) is 4.33. The number of halogens is 1. The predicted molar refractivity (Wildman–Crippen MR) is 93.9 cm³/mol. The van der Waals surface area contributed by atoms with E-state index in [2.05, 4.69) is 5.32 Å². The summed E-state index contributed by atoms with van der Waals surface area (Å²) in [6.07, 6.45) is 0.739. The first-order valence-corrected chi connectivity index (χ1v) is 8.32. The Morgan fingerprint density at radius 1 is 1.38 bits per heavy atom. The minimum absolute atomic E-state index is 0.0234. The molecular weight excluding hydrogens is 326 g/mol. The second-order valence-electron chi connectivity index (χ2n) is 5.99. The van der Waals surface area contributed by atoms with Gasteiger partial charge in [-0.05, 0) is 48.7 Å². The number of methoxy groups -OCH3 is 1. The topological polar surface area (TPSA) is 47.6 Å². The van der Waals surface area contributed by atoms with Crippen molar-refractivity contribution in [2.24, 2.45) is 0 Å². The average Bonchev–Trinajstić information content (AvgIpc) is 2.98. The molecule has 126 valence electrons. The quantitative estimate of drug-likeness (QED) is 0.903. The minimum atomic E-state index is -0.501. The molecule has 1 aliphatic heterocycles. The van der Waals surface area contributed by atoms with E-state index in [0.717, 1.165) is 22.6 Å². The zero-order valence-electron chi connectivity index (χ0n) is 13.7. The molecule has 5 heteroatoms. The van der Waals surface area contributed by atoms with E-state index in [1.54, 1.807) is 13.2 Å². The Labute approximate surface area is 146 Å². The van der Waals surface area contributed by atoms with Gasteiger partial charge in [0, 0.05) is 17.5 Å². The summed E-state index contributed by atoms with van der Waals surface area (Å²) < 4.78 is 11.1. The Balaban J connectivity index is 1.59. The van der Waals surface area contributed by atoms with Gasteiger partial charge in [0.15, 0.2) is 6.10 Å². The minimum Gasteiger partial charge on any atom is -0.496 e. The number of benzene rings is 2. The fraction of sp³-hybridized carbons (Fsp3) is 0.316. The van der Waals surface area contributed by atoms with Gasteiger partial charge in [0.2, 0.25) is 0 Å². The number of ether oxygens (including phenoxy) is 2. The van der Waals surface area contributed by atoms with E-state index in [-0.39, 0.29) is 11.9 Å². The largest absolute Gasteiger partial charge is 0.496 e.